The van der Waals surface area contributed by atoms with Crippen molar-refractivity contribution in [1.82, 2.24) is 0 Å². The molecule has 0 saturated carbocycles. The largest absolute Gasteiger partial charge is 2.00 e. The fourth-order valence-corrected chi connectivity index (χ4v) is 0. The van der Waals surface area contributed by atoms with E-state index in [-0.39, 0.29) is 33.5 Å². The summed E-state index contributed by atoms with van der Waals surface area (Å²) in [5.74, 6) is 0. The van der Waals surface area contributed by atoms with E-state index in [1.165, 1.54) is 5.34 Å². The molecule has 0 rings (SSSR count). The molecule has 0 saturated heterocycles. The average Bonchev–Trinajstić information content (AvgIpc) is 1.67. The summed E-state index contributed by atoms with van der Waals surface area (Å²) in [6.45, 7) is 0. The topological polar surface area (TPSA) is 100 Å². The minimum Gasteiger partial charge on any atom is -0.693 e. The van der Waals surface area contributed by atoms with Gasteiger partial charge in [-0.25, -0.2) is 13.2 Å². The summed E-state index contributed by atoms with van der Waals surface area (Å²) in [6, 6.07) is 0. The molecule has 0 bridgehead atoms. The summed E-state index contributed by atoms with van der Waals surface area (Å²) in [5, 5.41) is 7.89. The van der Waals surface area contributed by atoms with Crippen LogP contribution in [0.15, 0.2) is 5.34 Å². The average molecular weight is 256 g/mol. The summed E-state index contributed by atoms with van der Waals surface area (Å²) >= 11 is 0. The van der Waals surface area contributed by atoms with E-state index in [2.05, 4.69) is 0 Å². The molecule has 0 amide bonds. The summed E-state index contributed by atoms with van der Waals surface area (Å²) < 4.78 is 31.1. The second-order valence-electron chi connectivity index (χ2n) is 0.681. The fourth-order valence-electron chi connectivity index (χ4n) is 0. The van der Waals surface area contributed by atoms with Gasteiger partial charge in [-0.15, -0.1) is 4.91 Å². The minimum absolute atomic E-state index is 0. The Morgan fingerprint density at radius 3 is 1.45 bits per heavy atom. The predicted molar refractivity (Wildman–Crippen MR) is 24.6 cm³/mol. The van der Waals surface area contributed by atoms with E-state index in [1.54, 1.807) is 0 Å². The van der Waals surface area contributed by atoms with Crippen molar-refractivity contribution in [1.29, 1.82) is 0 Å². The van der Waals surface area contributed by atoms with Gasteiger partial charge in [0.1, 0.15) is 0 Å². The van der Waals surface area contributed by atoms with Crippen LogP contribution in [-0.2, 0) is 25.9 Å². The van der Waals surface area contributed by atoms with Crippen LogP contribution in [0.25, 0.3) is 6.15 Å². The molecule has 0 aliphatic rings. The van der Waals surface area contributed by atoms with E-state index >= 15 is 0 Å². The Labute approximate surface area is 73.7 Å². The Morgan fingerprint density at radius 2 is 1.45 bits per heavy atom. The molecule has 0 spiro atoms. The zero-order valence-corrected chi connectivity index (χ0v) is 6.84. The Balaban J connectivity index is -0.0000000437. The third-order valence-electron chi connectivity index (χ3n) is 0.116. The number of nitrogens with two attached hydrogens (primary N) is 1. The quantitative estimate of drug-likeness (QED) is 0.307. The van der Waals surface area contributed by atoms with Crippen molar-refractivity contribution in [3.8, 4) is 0 Å². The monoisotopic (exact) mass is 258 g/mol. The van der Waals surface area contributed by atoms with Crippen LogP contribution in [0.5, 0.6) is 0 Å². The molecule has 0 aliphatic carbocycles. The maximum Gasteiger partial charge on any atom is 2.00 e. The molecular weight excluding hydrogens is 253 g/mol. The van der Waals surface area contributed by atoms with Gasteiger partial charge >= 0.3 is 21.1 Å². The van der Waals surface area contributed by atoms with Crippen molar-refractivity contribution in [2.24, 2.45) is 5.34 Å². The fraction of sp³-hybridized carbons (Fsp3) is 0.500. The number of hydrogen-bond acceptors (Lipinski definition) is 3. The number of halogens is 3. The number of nitrogens with zero attached hydrogens (tertiary/aromatic N) is 1. The molecule has 11 heavy (non-hydrogen) atoms. The third kappa shape index (κ3) is 85.2. The first-order valence-electron chi connectivity index (χ1n) is 1.40. The SMILES string of the molecule is O=NO.O=[C-]C(F)(F)F.[Mo+2].[NH2-]. The molecule has 0 aromatic heterocycles. The Bertz CT molecular complexity index is 97.1. The van der Waals surface area contributed by atoms with Crippen molar-refractivity contribution in [3.63, 3.8) is 0 Å². The Hall–Kier alpha value is -0.492. The smallest absolute Gasteiger partial charge is 0.693 e. The van der Waals surface area contributed by atoms with Gasteiger partial charge in [0, 0.05) is 0 Å². The van der Waals surface area contributed by atoms with Gasteiger partial charge < -0.3 is 16.2 Å². The predicted octanol–water partition coefficient (Wildman–Crippen LogP) is 1.51. The second kappa shape index (κ2) is 12.2. The van der Waals surface area contributed by atoms with Crippen LogP contribution in [0.3, 0.4) is 0 Å². The summed E-state index contributed by atoms with van der Waals surface area (Å²) in [4.78, 5) is 16.7. The maximum absolute atomic E-state index is 10.4. The van der Waals surface area contributed by atoms with E-state index in [0.717, 1.165) is 0 Å². The first kappa shape index (κ1) is 22.4. The van der Waals surface area contributed by atoms with Gasteiger partial charge in [-0.2, -0.15) is 6.29 Å². The van der Waals surface area contributed by atoms with Gasteiger partial charge in [-0.05, 0) is 0 Å². The van der Waals surface area contributed by atoms with E-state index < -0.39 is 6.18 Å². The van der Waals surface area contributed by atoms with Crippen LogP contribution >= 0.6 is 0 Å². The molecule has 9 heteroatoms. The zero-order chi connectivity index (χ0) is 7.91. The van der Waals surface area contributed by atoms with Gasteiger partial charge in [-0.1, -0.05) is 0 Å². The summed E-state index contributed by atoms with van der Waals surface area (Å²) in [7, 11) is 0. The van der Waals surface area contributed by atoms with E-state index in [1.807, 2.05) is 0 Å². The molecule has 0 radical (unpaired) electrons. The second-order valence-corrected chi connectivity index (χ2v) is 0.681. The molecule has 66 valence electrons. The van der Waals surface area contributed by atoms with Crippen molar-refractivity contribution < 1.29 is 44.2 Å². The number of alkyl halides is 3. The van der Waals surface area contributed by atoms with Crippen molar-refractivity contribution in [2.75, 3.05) is 0 Å². The number of rotatable bonds is 0. The summed E-state index contributed by atoms with van der Waals surface area (Å²) in [6.07, 6.45) is -4.91. The van der Waals surface area contributed by atoms with Gasteiger partial charge in [0.05, 0.1) is 0 Å². The van der Waals surface area contributed by atoms with Gasteiger partial charge in [0.25, 0.3) is 6.18 Å². The van der Waals surface area contributed by atoms with Crippen molar-refractivity contribution >= 4 is 6.29 Å². The molecule has 5 nitrogen and oxygen atoms in total. The normalized spacial score (nSPS) is 7.18. The van der Waals surface area contributed by atoms with Crippen molar-refractivity contribution in [3.05, 3.63) is 11.1 Å². The molecule has 0 aliphatic heterocycles. The van der Waals surface area contributed by atoms with E-state index in [0.29, 0.717) is 0 Å². The molecule has 0 heterocycles. The Kier molecular flexibility index (Phi) is 24.9. The standard InChI is InChI=1S/C2F3O.Mo.HNO2.H2N/c3-2(4,5)1-6;;2-1-3;/h;;(H,2,3);1H2/q-1;+2;;-1. The Morgan fingerprint density at radius 1 is 1.36 bits per heavy atom. The number of hydrogen-bond donors (Lipinski definition) is 1. The minimum atomic E-state index is -4.76. The van der Waals surface area contributed by atoms with Crippen LogP contribution in [-0.4, -0.2) is 17.7 Å². The molecule has 3 N–H and O–H groups in total. The first-order valence-corrected chi connectivity index (χ1v) is 1.40. The van der Waals surface area contributed by atoms with E-state index in [9.17, 15) is 13.2 Å². The summed E-state index contributed by atoms with van der Waals surface area (Å²) in [5.41, 5.74) is 0. The van der Waals surface area contributed by atoms with Crippen LogP contribution in [0.1, 0.15) is 0 Å². The van der Waals surface area contributed by atoms with Gasteiger partial charge in [0.15, 0.2) is 5.34 Å². The van der Waals surface area contributed by atoms with Gasteiger partial charge in [0.2, 0.25) is 0 Å². The third-order valence-corrected chi connectivity index (χ3v) is 0.116. The van der Waals surface area contributed by atoms with Crippen LogP contribution in [0.2, 0.25) is 0 Å². The molecular formula is C2H3F3MoN2O3. The molecule has 0 atom stereocenters. The molecule has 0 aromatic rings. The maximum atomic E-state index is 10.4. The molecule has 0 unspecified atom stereocenters. The number of carbonyl (C=O) groups excluding carboxylic acids is 1. The molecule has 0 aromatic carbocycles. The van der Waals surface area contributed by atoms with Crippen molar-refractivity contribution in [2.45, 2.75) is 6.18 Å². The van der Waals surface area contributed by atoms with E-state index in [4.69, 9.17) is 14.9 Å². The van der Waals surface area contributed by atoms with Crippen LogP contribution < -0.4 is 0 Å². The first-order chi connectivity index (χ1) is 3.97. The zero-order valence-electron chi connectivity index (χ0n) is 4.83. The van der Waals surface area contributed by atoms with Crippen LogP contribution in [0, 0.1) is 4.91 Å². The molecule has 0 fully saturated rings. The van der Waals surface area contributed by atoms with Gasteiger partial charge in [-0.3, -0.25) is 0 Å². The van der Waals surface area contributed by atoms with Crippen LogP contribution in [0.4, 0.5) is 13.2 Å².